The highest BCUT2D eigenvalue weighted by Crippen LogP contribution is 2.39. The van der Waals surface area contributed by atoms with Crippen LogP contribution in [0.1, 0.15) is 0 Å². The molecular weight excluding hydrogens is 264 g/mol. The van der Waals surface area contributed by atoms with Crippen molar-refractivity contribution in [2.45, 2.75) is 0 Å². The van der Waals surface area contributed by atoms with Crippen LogP contribution in [0.3, 0.4) is 0 Å². The maximum atomic E-state index is 13.9. The number of halogens is 3. The molecule has 0 spiro atoms. The van der Waals surface area contributed by atoms with Crippen LogP contribution in [0.25, 0.3) is 11.3 Å². The van der Waals surface area contributed by atoms with E-state index in [0.717, 1.165) is 6.07 Å². The van der Waals surface area contributed by atoms with Gasteiger partial charge in [-0.2, -0.15) is 5.10 Å². The first-order chi connectivity index (χ1) is 8.45. The number of nitrogen functional groups attached to an aromatic ring is 1. The minimum Gasteiger partial charge on any atom is -0.494 e. The van der Waals surface area contributed by atoms with Crippen LogP contribution in [-0.2, 0) is 7.05 Å². The molecule has 1 aromatic carbocycles. The Morgan fingerprint density at radius 1 is 1.39 bits per heavy atom. The van der Waals surface area contributed by atoms with Crippen LogP contribution in [0, 0.1) is 11.6 Å². The predicted molar refractivity (Wildman–Crippen MR) is 64.5 cm³/mol. The molecule has 0 unspecified atom stereocenters. The number of nitrogens with zero attached hydrogens (tertiary/aromatic N) is 2. The van der Waals surface area contributed by atoms with Crippen molar-refractivity contribution in [3.05, 3.63) is 28.8 Å². The topological polar surface area (TPSA) is 53.1 Å². The Bertz CT molecular complexity index is 593. The maximum absolute atomic E-state index is 13.9. The van der Waals surface area contributed by atoms with E-state index < -0.39 is 11.6 Å². The van der Waals surface area contributed by atoms with E-state index in [0.29, 0.717) is 5.82 Å². The number of nitrogens with two attached hydrogens (primary N) is 1. The number of hydrogen-bond donors (Lipinski definition) is 1. The second-order valence-corrected chi connectivity index (χ2v) is 4.05. The van der Waals surface area contributed by atoms with Crippen LogP contribution >= 0.6 is 11.6 Å². The largest absolute Gasteiger partial charge is 0.494 e. The van der Waals surface area contributed by atoms with Crippen molar-refractivity contribution in [2.75, 3.05) is 12.8 Å². The molecule has 0 atom stereocenters. The molecule has 0 aliphatic carbocycles. The second kappa shape index (κ2) is 4.45. The van der Waals surface area contributed by atoms with Gasteiger partial charge in [0, 0.05) is 13.1 Å². The first-order valence-corrected chi connectivity index (χ1v) is 5.35. The fourth-order valence-corrected chi connectivity index (χ4v) is 1.88. The van der Waals surface area contributed by atoms with Crippen molar-refractivity contribution in [1.29, 1.82) is 0 Å². The molecule has 0 fully saturated rings. The number of rotatable bonds is 2. The highest BCUT2D eigenvalue weighted by Gasteiger charge is 2.22. The first-order valence-electron chi connectivity index (χ1n) is 4.97. The van der Waals surface area contributed by atoms with Gasteiger partial charge in [0.1, 0.15) is 17.3 Å². The van der Waals surface area contributed by atoms with Gasteiger partial charge in [-0.15, -0.1) is 0 Å². The number of hydrogen-bond acceptors (Lipinski definition) is 3. The zero-order valence-electron chi connectivity index (χ0n) is 9.67. The zero-order valence-corrected chi connectivity index (χ0v) is 10.4. The lowest BCUT2D eigenvalue weighted by molar-refractivity contribution is 0.409. The van der Waals surface area contributed by atoms with E-state index in [1.54, 1.807) is 7.05 Å². The van der Waals surface area contributed by atoms with Crippen LogP contribution in [-0.4, -0.2) is 16.9 Å². The maximum Gasteiger partial charge on any atom is 0.172 e. The smallest absolute Gasteiger partial charge is 0.172 e. The lowest BCUT2D eigenvalue weighted by Gasteiger charge is -2.10. The predicted octanol–water partition coefficient (Wildman–Crippen LogP) is 2.61. The van der Waals surface area contributed by atoms with Crippen molar-refractivity contribution in [1.82, 2.24) is 9.78 Å². The van der Waals surface area contributed by atoms with Gasteiger partial charge in [0.15, 0.2) is 11.6 Å². The van der Waals surface area contributed by atoms with Gasteiger partial charge in [-0.1, -0.05) is 11.6 Å². The number of ether oxygens (including phenoxy) is 1. The summed E-state index contributed by atoms with van der Waals surface area (Å²) < 4.78 is 33.5. The van der Waals surface area contributed by atoms with Gasteiger partial charge < -0.3 is 10.5 Å². The molecule has 4 nitrogen and oxygen atoms in total. The van der Waals surface area contributed by atoms with Gasteiger partial charge in [0.25, 0.3) is 0 Å². The Morgan fingerprint density at radius 3 is 2.56 bits per heavy atom. The molecule has 2 aromatic rings. The monoisotopic (exact) mass is 273 g/mol. The van der Waals surface area contributed by atoms with Gasteiger partial charge in [-0.3, -0.25) is 4.68 Å². The lowest BCUT2D eigenvalue weighted by atomic mass is 10.1. The van der Waals surface area contributed by atoms with Crippen LogP contribution in [0.4, 0.5) is 14.6 Å². The summed E-state index contributed by atoms with van der Waals surface area (Å²) in [6.07, 6.45) is 0. The third kappa shape index (κ3) is 1.88. The molecule has 7 heteroatoms. The van der Waals surface area contributed by atoms with Crippen molar-refractivity contribution in [2.24, 2.45) is 7.05 Å². The number of anilines is 1. The molecule has 2 rings (SSSR count). The fraction of sp³-hybridized carbons (Fsp3) is 0.182. The summed E-state index contributed by atoms with van der Waals surface area (Å²) in [7, 11) is 2.90. The Balaban J connectivity index is 2.76. The summed E-state index contributed by atoms with van der Waals surface area (Å²) in [5.41, 5.74) is 5.62. The Morgan fingerprint density at radius 2 is 2.06 bits per heavy atom. The van der Waals surface area contributed by atoms with Gasteiger partial charge >= 0.3 is 0 Å². The highest BCUT2D eigenvalue weighted by molar-refractivity contribution is 6.32. The van der Waals surface area contributed by atoms with Crippen LogP contribution in [0.15, 0.2) is 12.1 Å². The molecule has 0 radical (unpaired) electrons. The van der Waals surface area contributed by atoms with Crippen molar-refractivity contribution >= 4 is 17.4 Å². The molecule has 0 aliphatic rings. The molecule has 0 aliphatic heterocycles. The van der Waals surface area contributed by atoms with Gasteiger partial charge in [-0.25, -0.2) is 8.78 Å². The number of aryl methyl sites for hydroxylation is 1. The fourth-order valence-electron chi connectivity index (χ4n) is 1.61. The van der Waals surface area contributed by atoms with Gasteiger partial charge in [-0.05, 0) is 6.07 Å². The minimum absolute atomic E-state index is 0.0219. The molecule has 0 saturated carbocycles. The van der Waals surface area contributed by atoms with E-state index in [9.17, 15) is 8.78 Å². The SMILES string of the molecule is COc1c(Cl)cc(F)c(F)c1-c1cc(N)n(C)n1. The Hall–Kier alpha value is -1.82. The van der Waals surface area contributed by atoms with E-state index in [1.165, 1.54) is 17.9 Å². The normalized spacial score (nSPS) is 10.7. The lowest BCUT2D eigenvalue weighted by Crippen LogP contribution is -1.99. The number of benzene rings is 1. The average molecular weight is 274 g/mol. The van der Waals surface area contributed by atoms with E-state index in [1.807, 2.05) is 0 Å². The van der Waals surface area contributed by atoms with E-state index in [4.69, 9.17) is 22.1 Å². The number of aromatic nitrogens is 2. The van der Waals surface area contributed by atoms with E-state index in [2.05, 4.69) is 5.10 Å². The molecule has 18 heavy (non-hydrogen) atoms. The number of methoxy groups -OCH3 is 1. The summed E-state index contributed by atoms with van der Waals surface area (Å²) in [4.78, 5) is 0. The molecule has 0 amide bonds. The summed E-state index contributed by atoms with van der Waals surface area (Å²) in [5, 5.41) is 3.95. The molecule has 0 saturated heterocycles. The molecule has 1 heterocycles. The van der Waals surface area contributed by atoms with Gasteiger partial charge in [0.2, 0.25) is 0 Å². The van der Waals surface area contributed by atoms with Crippen molar-refractivity contribution < 1.29 is 13.5 Å². The molecular formula is C11H10ClF2N3O. The highest BCUT2D eigenvalue weighted by atomic mass is 35.5. The second-order valence-electron chi connectivity index (χ2n) is 3.64. The summed E-state index contributed by atoms with van der Waals surface area (Å²) in [6.45, 7) is 0. The van der Waals surface area contributed by atoms with Crippen LogP contribution in [0.2, 0.25) is 5.02 Å². The van der Waals surface area contributed by atoms with E-state index >= 15 is 0 Å². The minimum atomic E-state index is -1.07. The summed E-state index contributed by atoms with van der Waals surface area (Å²) >= 11 is 5.81. The summed E-state index contributed by atoms with van der Waals surface area (Å²) in [5.74, 6) is -1.81. The first kappa shape index (κ1) is 12.6. The Labute approximate surface area is 107 Å². The third-order valence-electron chi connectivity index (χ3n) is 2.50. The average Bonchev–Trinajstić information content (AvgIpc) is 2.63. The van der Waals surface area contributed by atoms with Gasteiger partial charge in [0.05, 0.1) is 17.7 Å². The quantitative estimate of drug-likeness (QED) is 0.856. The molecule has 1 aromatic heterocycles. The standard InChI is InChI=1S/C11H10ClF2N3O/c1-17-8(15)4-7(16-17)9-10(14)6(13)3-5(12)11(9)18-2/h3-4H,15H2,1-2H3. The van der Waals surface area contributed by atoms with Crippen LogP contribution in [0.5, 0.6) is 5.75 Å². The Kier molecular flexibility index (Phi) is 3.13. The zero-order chi connectivity index (χ0) is 13.4. The molecule has 2 N–H and O–H groups in total. The van der Waals surface area contributed by atoms with E-state index in [-0.39, 0.29) is 22.0 Å². The van der Waals surface area contributed by atoms with Crippen molar-refractivity contribution in [3.63, 3.8) is 0 Å². The third-order valence-corrected chi connectivity index (χ3v) is 2.78. The van der Waals surface area contributed by atoms with Crippen LogP contribution < -0.4 is 10.5 Å². The summed E-state index contributed by atoms with van der Waals surface area (Å²) in [6, 6.07) is 2.27. The molecule has 96 valence electrons. The van der Waals surface area contributed by atoms with Crippen molar-refractivity contribution in [3.8, 4) is 17.0 Å². The molecule has 0 bridgehead atoms.